The predicted molar refractivity (Wildman–Crippen MR) is 163 cm³/mol. The van der Waals surface area contributed by atoms with E-state index in [1.54, 1.807) is 12.1 Å². The van der Waals surface area contributed by atoms with Gasteiger partial charge in [0.15, 0.2) is 0 Å². The molecule has 2 aromatic rings. The van der Waals surface area contributed by atoms with Gasteiger partial charge < -0.3 is 20.8 Å². The van der Waals surface area contributed by atoms with Crippen LogP contribution in [0.3, 0.4) is 0 Å². The molecule has 1 heterocycles. The molecule has 41 heavy (non-hydrogen) atoms. The van der Waals surface area contributed by atoms with Crippen molar-refractivity contribution in [1.82, 2.24) is 9.73 Å². The fraction of sp³-hybridized carbons (Fsp3) is 0.483. The average Bonchev–Trinajstić information content (AvgIpc) is 3.31. The summed E-state index contributed by atoms with van der Waals surface area (Å²) in [6.07, 6.45) is 14.8. The highest BCUT2D eigenvalue weighted by Crippen LogP contribution is 2.39. The summed E-state index contributed by atoms with van der Waals surface area (Å²) in [5.41, 5.74) is 15.1. The second kappa shape index (κ2) is 18.6. The van der Waals surface area contributed by atoms with Crippen LogP contribution in [-0.4, -0.2) is 55.9 Å². The predicted octanol–water partition coefficient (Wildman–Crippen LogP) is 4.35. The maximum atomic E-state index is 13.2. The summed E-state index contributed by atoms with van der Waals surface area (Å²) >= 11 is -2.40. The first-order chi connectivity index (χ1) is 20.0. The Bertz CT molecular complexity index is 1200. The lowest BCUT2D eigenvalue weighted by Crippen LogP contribution is -2.27. The van der Waals surface area contributed by atoms with E-state index in [9.17, 15) is 17.8 Å². The summed E-state index contributed by atoms with van der Waals surface area (Å²) < 4.78 is 38.0. The van der Waals surface area contributed by atoms with E-state index < -0.39 is 28.1 Å². The SMILES string of the molecule is C1CCCCCC1.C=O.CN.NC(=O)N/N=C1\c2cc(S(=O)[O-])ccc2-c2ccc(S(=O)N3CCCCCC3)cc21. The van der Waals surface area contributed by atoms with Crippen LogP contribution in [0, 0.1) is 0 Å². The van der Waals surface area contributed by atoms with Gasteiger partial charge in [-0.25, -0.2) is 18.7 Å². The monoisotopic (exact) mass is 604 g/mol. The van der Waals surface area contributed by atoms with Crippen LogP contribution in [0.4, 0.5) is 4.79 Å². The Kier molecular flexibility index (Phi) is 15.6. The van der Waals surface area contributed by atoms with Gasteiger partial charge in [-0.3, -0.25) is 4.21 Å². The second-order valence-corrected chi connectivity index (χ2v) is 12.1. The molecule has 5 N–H and O–H groups in total. The molecule has 12 heteroatoms. The first kappa shape index (κ1) is 34.4. The molecule has 2 atom stereocenters. The van der Waals surface area contributed by atoms with Gasteiger partial charge in [0.05, 0.1) is 10.6 Å². The number of urea groups is 1. The Morgan fingerprint density at radius 2 is 1.20 bits per heavy atom. The van der Waals surface area contributed by atoms with Crippen LogP contribution in [0.1, 0.15) is 81.8 Å². The third-order valence-electron chi connectivity index (χ3n) is 7.00. The molecule has 0 aromatic heterocycles. The van der Waals surface area contributed by atoms with Crippen LogP contribution >= 0.6 is 0 Å². The molecule has 0 bridgehead atoms. The minimum Gasteiger partial charge on any atom is -0.768 e. The molecule has 226 valence electrons. The van der Waals surface area contributed by atoms with Crippen LogP contribution in [0.25, 0.3) is 11.1 Å². The van der Waals surface area contributed by atoms with Gasteiger partial charge in [-0.05, 0) is 66.4 Å². The molecule has 2 unspecified atom stereocenters. The number of hydrazone groups is 1. The topological polar surface area (TPSA) is 171 Å². The molecule has 2 aliphatic carbocycles. The lowest BCUT2D eigenvalue weighted by molar-refractivity contribution is -0.0980. The van der Waals surface area contributed by atoms with Crippen molar-refractivity contribution in [3.8, 4) is 11.1 Å². The van der Waals surface area contributed by atoms with Gasteiger partial charge in [0.25, 0.3) is 0 Å². The molecule has 2 aromatic carbocycles. The minimum atomic E-state index is -2.40. The lowest BCUT2D eigenvalue weighted by Gasteiger charge is -2.19. The van der Waals surface area contributed by atoms with E-state index in [2.05, 4.69) is 16.3 Å². The highest BCUT2D eigenvalue weighted by atomic mass is 32.2. The number of benzene rings is 2. The highest BCUT2D eigenvalue weighted by molar-refractivity contribution is 7.82. The molecule has 1 saturated heterocycles. The van der Waals surface area contributed by atoms with Crippen LogP contribution < -0.4 is 16.9 Å². The van der Waals surface area contributed by atoms with Crippen molar-refractivity contribution < 1.29 is 22.6 Å². The van der Waals surface area contributed by atoms with Gasteiger partial charge in [-0.15, -0.1) is 0 Å². The number of nitrogens with two attached hydrogens (primary N) is 2. The van der Waals surface area contributed by atoms with Gasteiger partial charge in [-0.2, -0.15) is 5.10 Å². The van der Waals surface area contributed by atoms with E-state index in [1.165, 1.54) is 64.1 Å². The van der Waals surface area contributed by atoms with Gasteiger partial charge in [0.1, 0.15) is 17.8 Å². The Balaban J connectivity index is 0.000000456. The summed E-state index contributed by atoms with van der Waals surface area (Å²) in [6.45, 7) is 3.57. The number of carbonyl (C=O) groups is 2. The number of fused-ring (bicyclic) bond motifs is 3. The number of carbonyl (C=O) groups excluding carboxylic acids is 2. The van der Waals surface area contributed by atoms with Crippen molar-refractivity contribution in [1.29, 1.82) is 0 Å². The van der Waals surface area contributed by atoms with E-state index >= 15 is 0 Å². The molecule has 10 nitrogen and oxygen atoms in total. The molecular weight excluding hydrogens is 562 g/mol. The Morgan fingerprint density at radius 1 is 0.780 bits per heavy atom. The Morgan fingerprint density at radius 3 is 1.63 bits per heavy atom. The molecule has 0 radical (unpaired) electrons. The van der Waals surface area contributed by atoms with Crippen LogP contribution in [-0.2, 0) is 26.9 Å². The first-order valence-electron chi connectivity index (χ1n) is 14.0. The van der Waals surface area contributed by atoms with Gasteiger partial charge in [0, 0.05) is 29.1 Å². The van der Waals surface area contributed by atoms with E-state index in [0.717, 1.165) is 49.9 Å². The normalized spacial score (nSPS) is 18.7. The molecule has 0 spiro atoms. The van der Waals surface area contributed by atoms with Crippen molar-refractivity contribution in [2.24, 2.45) is 16.6 Å². The zero-order valence-electron chi connectivity index (χ0n) is 23.8. The molecule has 2 fully saturated rings. The fourth-order valence-electron chi connectivity index (χ4n) is 5.09. The third-order valence-corrected chi connectivity index (χ3v) is 9.13. The standard InChI is InChI=1S/C20H22N4O4S2.C7H14.CH5N.CH2O/c21-20(25)23-22-19-17-11-13(29(26)24-9-3-1-2-4-10-24)5-7-15(17)16-8-6-14(30(27)28)12-18(16)19;1-2-4-6-7-5-3-1;2*1-2/h5-8,11-12H,1-4,9-10H2,(H,27,28)(H3,21,23,25);1-7H2;2H2,1H3;1H2/p-1/b22-19-;;;. The average molecular weight is 605 g/mol. The number of nitrogens with zero attached hydrogens (tertiary/aromatic N) is 2. The summed E-state index contributed by atoms with van der Waals surface area (Å²) in [6, 6.07) is 9.38. The fourth-order valence-corrected chi connectivity index (χ4v) is 6.78. The number of rotatable bonds is 4. The number of amides is 2. The smallest absolute Gasteiger partial charge is 0.332 e. The van der Waals surface area contributed by atoms with Crippen molar-refractivity contribution >= 4 is 40.6 Å². The maximum Gasteiger partial charge on any atom is 0.332 e. The quantitative estimate of drug-likeness (QED) is 0.227. The first-order valence-corrected chi connectivity index (χ1v) is 16.2. The van der Waals surface area contributed by atoms with E-state index in [0.29, 0.717) is 21.7 Å². The van der Waals surface area contributed by atoms with E-state index in [1.807, 2.05) is 23.2 Å². The van der Waals surface area contributed by atoms with Crippen molar-refractivity contribution in [2.75, 3.05) is 20.1 Å². The Labute approximate surface area is 248 Å². The van der Waals surface area contributed by atoms with Gasteiger partial charge in [0.2, 0.25) is 0 Å². The Hall–Kier alpha value is -2.77. The summed E-state index contributed by atoms with van der Waals surface area (Å²) in [5.74, 6) is 0. The molecule has 1 aliphatic heterocycles. The molecule has 5 rings (SSSR count). The summed E-state index contributed by atoms with van der Waals surface area (Å²) in [4.78, 5) is 20.0. The largest absolute Gasteiger partial charge is 0.768 e. The number of hydrogen-bond acceptors (Lipinski definition) is 7. The van der Waals surface area contributed by atoms with Gasteiger partial charge >= 0.3 is 6.03 Å². The molecule has 1 saturated carbocycles. The van der Waals surface area contributed by atoms with Crippen molar-refractivity contribution in [3.63, 3.8) is 0 Å². The second-order valence-electron chi connectivity index (χ2n) is 9.65. The maximum absolute atomic E-state index is 13.2. The number of primary amides is 1. The van der Waals surface area contributed by atoms with Crippen molar-refractivity contribution in [2.45, 2.75) is 80.4 Å². The molecule has 3 aliphatic rings. The van der Waals surface area contributed by atoms with Crippen molar-refractivity contribution in [3.05, 3.63) is 47.5 Å². The minimum absolute atomic E-state index is 0.113. The summed E-state index contributed by atoms with van der Waals surface area (Å²) in [7, 11) is 0.190. The summed E-state index contributed by atoms with van der Waals surface area (Å²) in [5, 5.41) is 4.11. The van der Waals surface area contributed by atoms with Crippen LogP contribution in [0.15, 0.2) is 51.3 Å². The van der Waals surface area contributed by atoms with Gasteiger partial charge in [-0.1, -0.05) is 69.9 Å². The number of nitrogens with one attached hydrogen (secondary N) is 1. The zero-order chi connectivity index (χ0) is 30.2. The van der Waals surface area contributed by atoms with E-state index in [4.69, 9.17) is 10.5 Å². The zero-order valence-corrected chi connectivity index (χ0v) is 25.4. The van der Waals surface area contributed by atoms with Crippen LogP contribution in [0.5, 0.6) is 0 Å². The number of hydrogen-bond donors (Lipinski definition) is 3. The lowest BCUT2D eigenvalue weighted by atomic mass is 10.1. The van der Waals surface area contributed by atoms with E-state index in [-0.39, 0.29) is 4.90 Å². The highest BCUT2D eigenvalue weighted by Gasteiger charge is 2.28. The molecular formula is C29H42N5O5S2-. The molecule has 2 amide bonds. The third kappa shape index (κ3) is 9.93. The van der Waals surface area contributed by atoms with Crippen LogP contribution in [0.2, 0.25) is 0 Å².